The summed E-state index contributed by atoms with van der Waals surface area (Å²) in [5.74, 6) is 0.868. The number of aryl methyl sites for hydroxylation is 1. The van der Waals surface area contributed by atoms with Crippen LogP contribution in [0, 0.1) is 0 Å². The maximum Gasteiger partial charge on any atom is 0.225 e. The lowest BCUT2D eigenvalue weighted by atomic mass is 10.3. The second kappa shape index (κ2) is 10.6. The molecule has 24 heavy (non-hydrogen) atoms. The maximum absolute atomic E-state index is 5.67. The van der Waals surface area contributed by atoms with Gasteiger partial charge in [-0.25, -0.2) is 9.97 Å². The third kappa shape index (κ3) is 6.71. The smallest absolute Gasteiger partial charge is 0.225 e. The minimum Gasteiger partial charge on any atom is -0.380 e. The molecule has 0 amide bonds. The summed E-state index contributed by atoms with van der Waals surface area (Å²) in [6.07, 6.45) is 5.98. The molecule has 1 N–H and O–H groups in total. The van der Waals surface area contributed by atoms with E-state index in [0.29, 0.717) is 6.04 Å². The zero-order valence-corrected chi connectivity index (χ0v) is 15.5. The summed E-state index contributed by atoms with van der Waals surface area (Å²) < 4.78 is 5.67. The van der Waals surface area contributed by atoms with Gasteiger partial charge >= 0.3 is 0 Å². The summed E-state index contributed by atoms with van der Waals surface area (Å²) >= 11 is 0. The van der Waals surface area contributed by atoms with E-state index in [0.717, 1.165) is 71.3 Å². The number of anilines is 1. The number of nitrogens with one attached hydrogen (secondary N) is 1. The number of rotatable bonds is 10. The third-order valence-corrected chi connectivity index (χ3v) is 4.32. The van der Waals surface area contributed by atoms with Crippen LogP contribution in [-0.4, -0.2) is 73.4 Å². The Bertz CT molecular complexity index is 443. The molecule has 1 aliphatic rings. The monoisotopic (exact) mass is 335 g/mol. The van der Waals surface area contributed by atoms with Gasteiger partial charge in [0.2, 0.25) is 5.95 Å². The fourth-order valence-electron chi connectivity index (χ4n) is 2.78. The molecule has 1 fully saturated rings. The van der Waals surface area contributed by atoms with Crippen molar-refractivity contribution in [3.63, 3.8) is 0 Å². The fourth-order valence-corrected chi connectivity index (χ4v) is 2.78. The van der Waals surface area contributed by atoms with E-state index < -0.39 is 0 Å². The number of hydrogen-bond acceptors (Lipinski definition) is 6. The molecule has 2 heterocycles. The highest BCUT2D eigenvalue weighted by atomic mass is 16.5. The zero-order chi connectivity index (χ0) is 17.2. The molecule has 1 saturated heterocycles. The van der Waals surface area contributed by atoms with Crippen LogP contribution in [0.25, 0.3) is 0 Å². The van der Waals surface area contributed by atoms with Crippen LogP contribution in [0.4, 0.5) is 5.95 Å². The highest BCUT2D eigenvalue weighted by molar-refractivity contribution is 5.30. The molecule has 0 saturated carbocycles. The van der Waals surface area contributed by atoms with Gasteiger partial charge in [0.1, 0.15) is 0 Å². The van der Waals surface area contributed by atoms with Crippen molar-refractivity contribution >= 4 is 5.95 Å². The van der Waals surface area contributed by atoms with Crippen LogP contribution in [0.3, 0.4) is 0 Å². The average molecular weight is 335 g/mol. The molecule has 0 unspecified atom stereocenters. The fraction of sp³-hybridized carbons (Fsp3) is 0.778. The molecule has 0 spiro atoms. The summed E-state index contributed by atoms with van der Waals surface area (Å²) in [5.41, 5.74) is 1.20. The van der Waals surface area contributed by atoms with Gasteiger partial charge in [0.25, 0.3) is 0 Å². The Kier molecular flexibility index (Phi) is 8.42. The van der Waals surface area contributed by atoms with E-state index in [1.807, 2.05) is 12.4 Å². The van der Waals surface area contributed by atoms with Crippen LogP contribution in [0.15, 0.2) is 12.4 Å². The van der Waals surface area contributed by atoms with Gasteiger partial charge in [-0.15, -0.1) is 0 Å². The largest absolute Gasteiger partial charge is 0.380 e. The van der Waals surface area contributed by atoms with E-state index in [-0.39, 0.29) is 0 Å². The first kappa shape index (κ1) is 19.1. The number of aromatic nitrogens is 2. The SMILES string of the molecule is CCc1cnc(N2CCN(CCCOCCNC(C)C)CC2)nc1. The summed E-state index contributed by atoms with van der Waals surface area (Å²) in [7, 11) is 0. The summed E-state index contributed by atoms with van der Waals surface area (Å²) in [6, 6.07) is 0.534. The van der Waals surface area contributed by atoms with Gasteiger partial charge in [-0.2, -0.15) is 0 Å². The Labute approximate surface area is 146 Å². The second-order valence-corrected chi connectivity index (χ2v) is 6.65. The minimum absolute atomic E-state index is 0.534. The first-order chi connectivity index (χ1) is 11.7. The zero-order valence-electron chi connectivity index (χ0n) is 15.5. The molecule has 0 aromatic carbocycles. The van der Waals surface area contributed by atoms with Crippen LogP contribution >= 0.6 is 0 Å². The summed E-state index contributed by atoms with van der Waals surface area (Å²) in [4.78, 5) is 13.8. The molecule has 0 aliphatic carbocycles. The Morgan fingerprint density at radius 3 is 2.46 bits per heavy atom. The lowest BCUT2D eigenvalue weighted by molar-refractivity contribution is 0.120. The van der Waals surface area contributed by atoms with Crippen LogP contribution < -0.4 is 10.2 Å². The molecule has 1 aromatic heterocycles. The van der Waals surface area contributed by atoms with Gasteiger partial charge in [-0.1, -0.05) is 20.8 Å². The molecule has 6 heteroatoms. The van der Waals surface area contributed by atoms with Crippen molar-refractivity contribution in [2.45, 2.75) is 39.7 Å². The van der Waals surface area contributed by atoms with Crippen molar-refractivity contribution in [3.05, 3.63) is 18.0 Å². The second-order valence-electron chi connectivity index (χ2n) is 6.65. The first-order valence-electron chi connectivity index (χ1n) is 9.28. The lowest BCUT2D eigenvalue weighted by Crippen LogP contribution is -2.47. The van der Waals surface area contributed by atoms with Crippen LogP contribution in [0.2, 0.25) is 0 Å². The number of nitrogens with zero attached hydrogens (tertiary/aromatic N) is 4. The van der Waals surface area contributed by atoms with Gasteiger partial charge < -0.3 is 15.0 Å². The minimum atomic E-state index is 0.534. The quantitative estimate of drug-likeness (QED) is 0.655. The molecule has 1 aliphatic heterocycles. The standard InChI is InChI=1S/C18H33N5O/c1-4-17-14-20-18(21-15-17)23-10-8-22(9-11-23)7-5-12-24-13-6-19-16(2)3/h14-16,19H,4-13H2,1-3H3. The molecule has 6 nitrogen and oxygen atoms in total. The molecule has 136 valence electrons. The highest BCUT2D eigenvalue weighted by Gasteiger charge is 2.18. The van der Waals surface area contributed by atoms with Gasteiger partial charge in [0.05, 0.1) is 6.61 Å². The molecule has 0 radical (unpaired) electrons. The van der Waals surface area contributed by atoms with Crippen LogP contribution in [-0.2, 0) is 11.2 Å². The summed E-state index contributed by atoms with van der Waals surface area (Å²) in [6.45, 7) is 14.3. The number of ether oxygens (including phenoxy) is 1. The van der Waals surface area contributed by atoms with Gasteiger partial charge in [0.15, 0.2) is 0 Å². The van der Waals surface area contributed by atoms with E-state index in [1.54, 1.807) is 0 Å². The predicted octanol–water partition coefficient (Wildman–Crippen LogP) is 1.57. The predicted molar refractivity (Wildman–Crippen MR) is 98.6 cm³/mol. The van der Waals surface area contributed by atoms with Crippen LogP contribution in [0.1, 0.15) is 32.8 Å². The Morgan fingerprint density at radius 1 is 1.12 bits per heavy atom. The summed E-state index contributed by atoms with van der Waals surface area (Å²) in [5, 5.41) is 3.36. The molecular weight excluding hydrogens is 302 g/mol. The Hall–Kier alpha value is -1.24. The van der Waals surface area contributed by atoms with Crippen molar-refractivity contribution < 1.29 is 4.74 Å². The van der Waals surface area contributed by atoms with Crippen molar-refractivity contribution in [1.29, 1.82) is 0 Å². The van der Waals surface area contributed by atoms with Gasteiger partial charge in [-0.05, 0) is 18.4 Å². The Balaban J connectivity index is 1.56. The van der Waals surface area contributed by atoms with Gasteiger partial charge in [-0.3, -0.25) is 4.90 Å². The molecule has 0 bridgehead atoms. The first-order valence-corrected chi connectivity index (χ1v) is 9.28. The van der Waals surface area contributed by atoms with Gasteiger partial charge in [0, 0.05) is 64.3 Å². The molecule has 0 atom stereocenters. The van der Waals surface area contributed by atoms with Crippen molar-refractivity contribution in [3.8, 4) is 0 Å². The number of hydrogen-bond donors (Lipinski definition) is 1. The lowest BCUT2D eigenvalue weighted by Gasteiger charge is -2.34. The van der Waals surface area contributed by atoms with E-state index in [4.69, 9.17) is 4.74 Å². The van der Waals surface area contributed by atoms with E-state index in [2.05, 4.69) is 45.9 Å². The normalized spacial score (nSPS) is 16.1. The number of piperazine rings is 1. The molecule has 2 rings (SSSR count). The van der Waals surface area contributed by atoms with E-state index in [9.17, 15) is 0 Å². The van der Waals surface area contributed by atoms with Crippen molar-refractivity contribution in [1.82, 2.24) is 20.2 Å². The Morgan fingerprint density at radius 2 is 1.83 bits per heavy atom. The molecule has 1 aromatic rings. The maximum atomic E-state index is 5.67. The highest BCUT2D eigenvalue weighted by Crippen LogP contribution is 2.11. The van der Waals surface area contributed by atoms with E-state index >= 15 is 0 Å². The third-order valence-electron chi connectivity index (χ3n) is 4.32. The van der Waals surface area contributed by atoms with Crippen molar-refractivity contribution in [2.75, 3.05) is 57.4 Å². The topological polar surface area (TPSA) is 53.5 Å². The van der Waals surface area contributed by atoms with Crippen LogP contribution in [0.5, 0.6) is 0 Å². The van der Waals surface area contributed by atoms with Crippen molar-refractivity contribution in [2.24, 2.45) is 0 Å². The average Bonchev–Trinajstić information content (AvgIpc) is 2.61. The van der Waals surface area contributed by atoms with E-state index in [1.165, 1.54) is 5.56 Å². The molecular formula is C18H33N5O.